The summed E-state index contributed by atoms with van der Waals surface area (Å²) in [4.78, 5) is 27.6. The fourth-order valence-corrected chi connectivity index (χ4v) is 4.03. The Balaban J connectivity index is 1.90. The van der Waals surface area contributed by atoms with Crippen molar-refractivity contribution in [3.05, 3.63) is 100 Å². The van der Waals surface area contributed by atoms with Gasteiger partial charge in [0.05, 0.1) is 29.9 Å². The molecule has 7 heteroatoms. The van der Waals surface area contributed by atoms with E-state index in [1.807, 2.05) is 19.9 Å². The molecule has 0 bridgehead atoms. The monoisotopic (exact) mass is 456 g/mol. The van der Waals surface area contributed by atoms with Gasteiger partial charge in [-0.3, -0.25) is 14.5 Å². The number of aliphatic hydroxyl groups is 1. The van der Waals surface area contributed by atoms with Crippen LogP contribution in [0, 0.1) is 24.1 Å². The van der Waals surface area contributed by atoms with Crippen molar-refractivity contribution in [2.75, 3.05) is 11.5 Å². The maximum atomic E-state index is 13.6. The van der Waals surface area contributed by atoms with Crippen molar-refractivity contribution >= 4 is 23.1 Å². The number of ether oxygens (including phenoxy) is 1. The first-order chi connectivity index (χ1) is 16.3. The SMILES string of the molecule is CCOc1ccc(/C(O)=C2/C(=O)C(=O)N(c3ccc(C#N)cc3)C2c2ccc(F)cc2)cc1C. The van der Waals surface area contributed by atoms with Crippen LogP contribution >= 0.6 is 0 Å². The molecule has 1 aliphatic heterocycles. The van der Waals surface area contributed by atoms with E-state index in [2.05, 4.69) is 0 Å². The molecule has 3 aromatic carbocycles. The van der Waals surface area contributed by atoms with Gasteiger partial charge in [0.15, 0.2) is 0 Å². The Bertz CT molecular complexity index is 1340. The second-order valence-corrected chi connectivity index (χ2v) is 7.79. The van der Waals surface area contributed by atoms with E-state index in [4.69, 9.17) is 10.00 Å². The van der Waals surface area contributed by atoms with Gasteiger partial charge >= 0.3 is 0 Å². The zero-order chi connectivity index (χ0) is 24.4. The van der Waals surface area contributed by atoms with Crippen LogP contribution < -0.4 is 9.64 Å². The molecule has 1 saturated heterocycles. The van der Waals surface area contributed by atoms with Gasteiger partial charge in [0.25, 0.3) is 11.7 Å². The minimum Gasteiger partial charge on any atom is -0.507 e. The standard InChI is InChI=1S/C27H21FN2O4/c1-3-34-22-13-8-19(14-16(22)2)25(31)23-24(18-6-9-20(28)10-7-18)30(27(33)26(23)32)21-11-4-17(15-29)5-12-21/h4-14,24,31H,3H2,1-2H3/b25-23-. The predicted molar refractivity (Wildman–Crippen MR) is 125 cm³/mol. The molecule has 34 heavy (non-hydrogen) atoms. The van der Waals surface area contributed by atoms with E-state index < -0.39 is 23.5 Å². The topological polar surface area (TPSA) is 90.6 Å². The van der Waals surface area contributed by atoms with E-state index in [9.17, 15) is 19.1 Å². The van der Waals surface area contributed by atoms with Crippen LogP contribution in [0.2, 0.25) is 0 Å². The van der Waals surface area contributed by atoms with Gasteiger partial charge < -0.3 is 9.84 Å². The van der Waals surface area contributed by atoms with E-state index >= 15 is 0 Å². The number of aryl methyl sites for hydroxylation is 1. The third kappa shape index (κ3) is 4.02. The molecule has 1 aliphatic rings. The lowest BCUT2D eigenvalue weighted by atomic mass is 9.94. The molecule has 0 aliphatic carbocycles. The first-order valence-corrected chi connectivity index (χ1v) is 10.7. The first kappa shape index (κ1) is 22.7. The Hall–Kier alpha value is -4.44. The molecule has 0 saturated carbocycles. The molecule has 1 heterocycles. The number of halogens is 1. The molecule has 1 N–H and O–H groups in total. The third-order valence-electron chi connectivity index (χ3n) is 5.65. The smallest absolute Gasteiger partial charge is 0.300 e. The van der Waals surface area contributed by atoms with Crippen molar-refractivity contribution < 1.29 is 23.8 Å². The minimum absolute atomic E-state index is 0.107. The fraction of sp³-hybridized carbons (Fsp3) is 0.148. The lowest BCUT2D eigenvalue weighted by Gasteiger charge is -2.25. The van der Waals surface area contributed by atoms with Gasteiger partial charge in [-0.05, 0) is 79.6 Å². The molecular formula is C27H21FN2O4. The van der Waals surface area contributed by atoms with Crippen LogP contribution in [0.5, 0.6) is 5.75 Å². The van der Waals surface area contributed by atoms with Crippen molar-refractivity contribution in [3.8, 4) is 11.8 Å². The molecule has 3 aromatic rings. The van der Waals surface area contributed by atoms with E-state index in [1.165, 1.54) is 41.3 Å². The Labute approximate surface area is 196 Å². The quantitative estimate of drug-likeness (QED) is 0.330. The van der Waals surface area contributed by atoms with Crippen molar-refractivity contribution in [2.45, 2.75) is 19.9 Å². The number of hydrogen-bond acceptors (Lipinski definition) is 5. The molecule has 4 rings (SSSR count). The lowest BCUT2D eigenvalue weighted by Crippen LogP contribution is -2.29. The number of carbonyl (C=O) groups is 2. The summed E-state index contributed by atoms with van der Waals surface area (Å²) in [5, 5.41) is 20.3. The van der Waals surface area contributed by atoms with Crippen LogP contribution in [0.25, 0.3) is 5.76 Å². The van der Waals surface area contributed by atoms with Gasteiger partial charge in [-0.15, -0.1) is 0 Å². The molecular weight excluding hydrogens is 435 g/mol. The number of benzene rings is 3. The van der Waals surface area contributed by atoms with Crippen molar-refractivity contribution in [3.63, 3.8) is 0 Å². The highest BCUT2D eigenvalue weighted by atomic mass is 19.1. The molecule has 6 nitrogen and oxygen atoms in total. The van der Waals surface area contributed by atoms with Gasteiger partial charge in [-0.25, -0.2) is 4.39 Å². The molecule has 1 fully saturated rings. The molecule has 170 valence electrons. The van der Waals surface area contributed by atoms with Crippen LogP contribution in [-0.4, -0.2) is 23.4 Å². The summed E-state index contributed by atoms with van der Waals surface area (Å²) < 4.78 is 19.2. The summed E-state index contributed by atoms with van der Waals surface area (Å²) in [6.07, 6.45) is 0. The number of anilines is 1. The second-order valence-electron chi connectivity index (χ2n) is 7.79. The van der Waals surface area contributed by atoms with Gasteiger partial charge in [0.2, 0.25) is 0 Å². The maximum absolute atomic E-state index is 13.6. The number of hydrogen-bond donors (Lipinski definition) is 1. The lowest BCUT2D eigenvalue weighted by molar-refractivity contribution is -0.132. The number of Topliss-reactive ketones (excluding diaryl/α,β-unsaturated/α-hetero) is 1. The first-order valence-electron chi connectivity index (χ1n) is 10.7. The van der Waals surface area contributed by atoms with Gasteiger partial charge in [0, 0.05) is 11.3 Å². The van der Waals surface area contributed by atoms with Crippen LogP contribution in [0.15, 0.2) is 72.3 Å². The fourth-order valence-electron chi connectivity index (χ4n) is 4.03. The number of rotatable bonds is 5. The average Bonchev–Trinajstić information content (AvgIpc) is 3.11. The normalized spacial score (nSPS) is 17.0. The number of nitriles is 1. The van der Waals surface area contributed by atoms with Crippen molar-refractivity contribution in [1.82, 2.24) is 0 Å². The summed E-state index contributed by atoms with van der Waals surface area (Å²) in [5.41, 5.74) is 2.22. The zero-order valence-corrected chi connectivity index (χ0v) is 18.6. The van der Waals surface area contributed by atoms with Crippen molar-refractivity contribution in [1.29, 1.82) is 5.26 Å². The minimum atomic E-state index is -0.986. The predicted octanol–water partition coefficient (Wildman–Crippen LogP) is 5.03. The van der Waals surface area contributed by atoms with Crippen LogP contribution in [-0.2, 0) is 9.59 Å². The Morgan fingerprint density at radius 1 is 1.09 bits per heavy atom. The second kappa shape index (κ2) is 9.20. The van der Waals surface area contributed by atoms with Crippen LogP contribution in [0.1, 0.15) is 35.2 Å². The zero-order valence-electron chi connectivity index (χ0n) is 18.6. The number of amides is 1. The van der Waals surface area contributed by atoms with Gasteiger partial charge in [-0.1, -0.05) is 12.1 Å². The van der Waals surface area contributed by atoms with E-state index in [0.29, 0.717) is 34.7 Å². The van der Waals surface area contributed by atoms with E-state index in [-0.39, 0.29) is 11.3 Å². The molecule has 0 spiro atoms. The number of carbonyl (C=O) groups excluding carboxylic acids is 2. The van der Waals surface area contributed by atoms with E-state index in [1.54, 1.807) is 30.3 Å². The van der Waals surface area contributed by atoms with E-state index in [0.717, 1.165) is 5.56 Å². The Morgan fingerprint density at radius 3 is 2.35 bits per heavy atom. The average molecular weight is 456 g/mol. The Morgan fingerprint density at radius 2 is 1.76 bits per heavy atom. The maximum Gasteiger partial charge on any atom is 0.300 e. The van der Waals surface area contributed by atoms with Gasteiger partial charge in [-0.2, -0.15) is 5.26 Å². The number of aliphatic hydroxyl groups excluding tert-OH is 1. The molecule has 1 atom stereocenters. The van der Waals surface area contributed by atoms with Crippen molar-refractivity contribution in [2.24, 2.45) is 0 Å². The highest BCUT2D eigenvalue weighted by Crippen LogP contribution is 2.42. The molecule has 0 aromatic heterocycles. The largest absolute Gasteiger partial charge is 0.507 e. The summed E-state index contributed by atoms with van der Waals surface area (Å²) >= 11 is 0. The highest BCUT2D eigenvalue weighted by molar-refractivity contribution is 6.51. The number of nitrogens with zero attached hydrogens (tertiary/aromatic N) is 2. The highest BCUT2D eigenvalue weighted by Gasteiger charge is 2.47. The summed E-state index contributed by atoms with van der Waals surface area (Å²) in [6, 6.07) is 17.6. The molecule has 1 unspecified atom stereocenters. The summed E-state index contributed by atoms with van der Waals surface area (Å²) in [7, 11) is 0. The summed E-state index contributed by atoms with van der Waals surface area (Å²) in [6.45, 7) is 4.15. The Kier molecular flexibility index (Phi) is 6.15. The molecule has 1 amide bonds. The van der Waals surface area contributed by atoms with Crippen LogP contribution in [0.4, 0.5) is 10.1 Å². The summed E-state index contributed by atoms with van der Waals surface area (Å²) in [5.74, 6) is -1.85. The third-order valence-corrected chi connectivity index (χ3v) is 5.65. The number of ketones is 1. The molecule has 0 radical (unpaired) electrons. The van der Waals surface area contributed by atoms with Gasteiger partial charge in [0.1, 0.15) is 17.3 Å². The van der Waals surface area contributed by atoms with Crippen LogP contribution in [0.3, 0.4) is 0 Å².